The summed E-state index contributed by atoms with van der Waals surface area (Å²) in [6, 6.07) is 1.97. The molecule has 2 heterocycles. The van der Waals surface area contributed by atoms with E-state index in [0.717, 1.165) is 18.2 Å². The van der Waals surface area contributed by atoms with Gasteiger partial charge in [0.05, 0.1) is 6.07 Å². The summed E-state index contributed by atoms with van der Waals surface area (Å²) in [6.45, 7) is 6.94. The third-order valence-corrected chi connectivity index (χ3v) is 5.15. The largest absolute Gasteiger partial charge is 0.346 e. The molecule has 6 nitrogen and oxygen atoms in total. The van der Waals surface area contributed by atoms with E-state index < -0.39 is 0 Å². The number of hydrogen-bond acceptors (Lipinski definition) is 7. The fourth-order valence-electron chi connectivity index (χ4n) is 2.12. The first-order valence-corrected chi connectivity index (χ1v) is 8.74. The Morgan fingerprint density at radius 2 is 2.27 bits per heavy atom. The molecule has 0 aliphatic carbocycles. The highest BCUT2D eigenvalue weighted by atomic mass is 32.2. The van der Waals surface area contributed by atoms with Gasteiger partial charge < -0.3 is 9.80 Å². The fourth-order valence-corrected chi connectivity index (χ4v) is 3.92. The lowest BCUT2D eigenvalue weighted by molar-refractivity contribution is -0.109. The summed E-state index contributed by atoms with van der Waals surface area (Å²) in [7, 11) is 0. The Morgan fingerprint density at radius 3 is 2.82 bits per heavy atom. The van der Waals surface area contributed by atoms with Crippen molar-refractivity contribution in [3.8, 4) is 6.07 Å². The highest BCUT2D eigenvalue weighted by molar-refractivity contribution is 8.14. The SMILES string of the molecule is CC(=O)SC1CN(c2nc(C(=O)N(CC#N)C(C)C)cs2)C1. The van der Waals surface area contributed by atoms with Crippen LogP contribution in [0, 0.1) is 11.3 Å². The van der Waals surface area contributed by atoms with Crippen molar-refractivity contribution in [3.05, 3.63) is 11.1 Å². The van der Waals surface area contributed by atoms with Crippen molar-refractivity contribution >= 4 is 39.3 Å². The summed E-state index contributed by atoms with van der Waals surface area (Å²) in [5.74, 6) is -0.214. The van der Waals surface area contributed by atoms with Crippen molar-refractivity contribution in [2.75, 3.05) is 24.5 Å². The van der Waals surface area contributed by atoms with Crippen LogP contribution >= 0.6 is 23.1 Å². The Hall–Kier alpha value is -1.59. The summed E-state index contributed by atoms with van der Waals surface area (Å²) in [5.41, 5.74) is 0.381. The minimum atomic E-state index is -0.214. The zero-order valence-corrected chi connectivity index (χ0v) is 14.4. The van der Waals surface area contributed by atoms with E-state index in [2.05, 4.69) is 9.88 Å². The molecule has 1 aromatic rings. The van der Waals surface area contributed by atoms with E-state index >= 15 is 0 Å². The molecule has 1 aromatic heterocycles. The molecule has 0 bridgehead atoms. The summed E-state index contributed by atoms with van der Waals surface area (Å²) < 4.78 is 0. The maximum absolute atomic E-state index is 12.4. The quantitative estimate of drug-likeness (QED) is 0.764. The van der Waals surface area contributed by atoms with E-state index in [4.69, 9.17) is 5.26 Å². The molecule has 0 unspecified atom stereocenters. The van der Waals surface area contributed by atoms with Gasteiger partial charge in [0.1, 0.15) is 12.2 Å². The number of nitrogens with zero attached hydrogens (tertiary/aromatic N) is 4. The lowest BCUT2D eigenvalue weighted by atomic mass is 10.2. The molecular weight excluding hydrogens is 320 g/mol. The van der Waals surface area contributed by atoms with Crippen LogP contribution in [-0.2, 0) is 4.79 Å². The second kappa shape index (κ2) is 7.11. The average molecular weight is 338 g/mol. The van der Waals surface area contributed by atoms with Gasteiger partial charge in [0.2, 0.25) is 0 Å². The van der Waals surface area contributed by atoms with Crippen LogP contribution < -0.4 is 4.90 Å². The smallest absolute Gasteiger partial charge is 0.274 e. The first-order valence-electron chi connectivity index (χ1n) is 6.98. The normalized spacial score (nSPS) is 14.6. The van der Waals surface area contributed by atoms with E-state index in [0.29, 0.717) is 10.9 Å². The monoisotopic (exact) mass is 338 g/mol. The van der Waals surface area contributed by atoms with Crippen LogP contribution in [0.5, 0.6) is 0 Å². The van der Waals surface area contributed by atoms with Crippen LogP contribution in [0.2, 0.25) is 0 Å². The maximum atomic E-state index is 12.4. The van der Waals surface area contributed by atoms with Crippen LogP contribution in [-0.4, -0.2) is 51.8 Å². The zero-order chi connectivity index (χ0) is 16.3. The number of thioether (sulfide) groups is 1. The molecule has 2 rings (SSSR count). The van der Waals surface area contributed by atoms with Crippen LogP contribution in [0.1, 0.15) is 31.3 Å². The second-order valence-electron chi connectivity index (χ2n) is 5.34. The Balaban J connectivity index is 1.99. The lowest BCUT2D eigenvalue weighted by Crippen LogP contribution is -2.49. The summed E-state index contributed by atoms with van der Waals surface area (Å²) in [5, 5.41) is 11.8. The minimum absolute atomic E-state index is 0.0438. The summed E-state index contributed by atoms with van der Waals surface area (Å²) in [6.07, 6.45) is 0. The molecule has 0 saturated carbocycles. The molecular formula is C14H18N4O2S2. The first-order chi connectivity index (χ1) is 10.4. The summed E-state index contributed by atoms with van der Waals surface area (Å²) in [4.78, 5) is 31.4. The highest BCUT2D eigenvalue weighted by Gasteiger charge is 2.31. The van der Waals surface area contributed by atoms with Gasteiger partial charge in [-0.05, 0) is 13.8 Å². The molecule has 0 N–H and O–H groups in total. The Bertz CT molecular complexity index is 602. The summed E-state index contributed by atoms with van der Waals surface area (Å²) >= 11 is 2.77. The standard InChI is InChI=1S/C14H18N4O2S2/c1-9(2)18(5-4-15)13(20)12-8-21-14(16-12)17-6-11(7-17)22-10(3)19/h8-9,11H,5-7H2,1-3H3. The molecule has 0 atom stereocenters. The number of nitriles is 1. The fraction of sp³-hybridized carbons (Fsp3) is 0.571. The van der Waals surface area contributed by atoms with E-state index in [1.807, 2.05) is 19.9 Å². The van der Waals surface area contributed by atoms with Crippen LogP contribution in [0.15, 0.2) is 5.38 Å². The predicted molar refractivity (Wildman–Crippen MR) is 88.2 cm³/mol. The van der Waals surface area contributed by atoms with Gasteiger partial charge in [-0.1, -0.05) is 11.8 Å². The van der Waals surface area contributed by atoms with Gasteiger partial charge in [0.15, 0.2) is 10.2 Å². The van der Waals surface area contributed by atoms with Crippen LogP contribution in [0.4, 0.5) is 5.13 Å². The predicted octanol–water partition coefficient (Wildman–Crippen LogP) is 1.99. The molecule has 0 radical (unpaired) electrons. The molecule has 1 amide bonds. The van der Waals surface area contributed by atoms with E-state index in [1.165, 1.54) is 28.0 Å². The molecule has 1 saturated heterocycles. The highest BCUT2D eigenvalue weighted by Crippen LogP contribution is 2.30. The van der Waals surface area contributed by atoms with Crippen molar-refractivity contribution in [2.45, 2.75) is 32.1 Å². The van der Waals surface area contributed by atoms with Gasteiger partial charge in [0.25, 0.3) is 5.91 Å². The molecule has 22 heavy (non-hydrogen) atoms. The van der Waals surface area contributed by atoms with Gasteiger partial charge in [-0.15, -0.1) is 11.3 Å². The Labute approximate surface area is 138 Å². The number of thiazole rings is 1. The van der Waals surface area contributed by atoms with E-state index in [-0.39, 0.29) is 23.6 Å². The van der Waals surface area contributed by atoms with Gasteiger partial charge in [0, 0.05) is 36.7 Å². The zero-order valence-electron chi connectivity index (χ0n) is 12.8. The van der Waals surface area contributed by atoms with Crippen LogP contribution in [0.3, 0.4) is 0 Å². The van der Waals surface area contributed by atoms with Crippen LogP contribution in [0.25, 0.3) is 0 Å². The number of carbonyl (C=O) groups is 2. The molecule has 0 aromatic carbocycles. The number of amides is 1. The van der Waals surface area contributed by atoms with Crippen molar-refractivity contribution in [1.29, 1.82) is 5.26 Å². The first kappa shape index (κ1) is 16.8. The molecule has 118 valence electrons. The van der Waals surface area contributed by atoms with E-state index in [1.54, 1.807) is 12.3 Å². The molecule has 1 aliphatic rings. The van der Waals surface area contributed by atoms with Gasteiger partial charge in [-0.25, -0.2) is 4.98 Å². The minimum Gasteiger partial charge on any atom is -0.346 e. The van der Waals surface area contributed by atoms with Crippen molar-refractivity contribution in [3.63, 3.8) is 0 Å². The van der Waals surface area contributed by atoms with Gasteiger partial charge >= 0.3 is 0 Å². The third kappa shape index (κ3) is 3.78. The number of hydrogen-bond donors (Lipinski definition) is 0. The molecule has 1 fully saturated rings. The molecule has 0 spiro atoms. The maximum Gasteiger partial charge on any atom is 0.274 e. The lowest BCUT2D eigenvalue weighted by Gasteiger charge is -2.37. The Morgan fingerprint density at radius 1 is 1.59 bits per heavy atom. The Kier molecular flexibility index (Phi) is 5.42. The third-order valence-electron chi connectivity index (χ3n) is 3.29. The second-order valence-corrected chi connectivity index (χ2v) is 7.65. The number of aromatic nitrogens is 1. The van der Waals surface area contributed by atoms with Gasteiger partial charge in [-0.2, -0.15) is 5.26 Å². The van der Waals surface area contributed by atoms with E-state index in [9.17, 15) is 9.59 Å². The molecule has 1 aliphatic heterocycles. The molecule has 8 heteroatoms. The topological polar surface area (TPSA) is 77.3 Å². The van der Waals surface area contributed by atoms with Gasteiger partial charge in [-0.3, -0.25) is 9.59 Å². The number of anilines is 1. The van der Waals surface area contributed by atoms with Crippen molar-refractivity contribution in [1.82, 2.24) is 9.88 Å². The number of carbonyl (C=O) groups excluding carboxylic acids is 2. The van der Waals surface area contributed by atoms with Crippen molar-refractivity contribution in [2.24, 2.45) is 0 Å². The number of rotatable bonds is 5. The van der Waals surface area contributed by atoms with Crippen molar-refractivity contribution < 1.29 is 9.59 Å². The average Bonchev–Trinajstić information content (AvgIpc) is 2.87.